The standard InChI is InChI=1S/C27H38F2N2O4/c1-4-6-20(21-9-13-30-18(21)3)8-10-26(11-12-26)22(7-5-2)24(33)31-23(16-32)25(34)35-17-19-14-27(28,29)15-19/h4,6,9,13,19,22-23,30,32H,3,5,7-8,10-12,14-17H2,1-2H3,(H,31,33)/b6-4-,21-20+/t22-,23?/m1/s1. The van der Waals surface area contributed by atoms with Gasteiger partial charge < -0.3 is 20.1 Å². The van der Waals surface area contributed by atoms with Crippen molar-refractivity contribution in [3.8, 4) is 0 Å². The fourth-order valence-corrected chi connectivity index (χ4v) is 5.19. The highest BCUT2D eigenvalue weighted by atomic mass is 19.3. The second-order valence-electron chi connectivity index (χ2n) is 10.1. The summed E-state index contributed by atoms with van der Waals surface area (Å²) in [6.07, 6.45) is 10.3. The van der Waals surface area contributed by atoms with Crippen molar-refractivity contribution >= 4 is 24.0 Å². The molecule has 2 saturated carbocycles. The third kappa shape index (κ3) is 6.81. The maximum atomic E-state index is 13.3. The summed E-state index contributed by atoms with van der Waals surface area (Å²) >= 11 is 0. The Balaban J connectivity index is 1.63. The minimum absolute atomic E-state index is 0.125. The Morgan fingerprint density at radius 2 is 2.09 bits per heavy atom. The summed E-state index contributed by atoms with van der Waals surface area (Å²) in [5.74, 6) is -4.39. The van der Waals surface area contributed by atoms with Crippen LogP contribution < -0.4 is 15.9 Å². The first-order valence-corrected chi connectivity index (χ1v) is 12.6. The molecular formula is C27H38F2N2O4. The van der Waals surface area contributed by atoms with Gasteiger partial charge in [-0.15, -0.1) is 0 Å². The normalized spacial score (nSPS) is 21.2. The van der Waals surface area contributed by atoms with E-state index in [1.807, 2.05) is 32.2 Å². The predicted molar refractivity (Wildman–Crippen MR) is 131 cm³/mol. The Morgan fingerprint density at radius 1 is 1.37 bits per heavy atom. The number of aliphatic hydroxyl groups is 1. The van der Waals surface area contributed by atoms with E-state index in [0.717, 1.165) is 42.7 Å². The van der Waals surface area contributed by atoms with E-state index < -0.39 is 24.5 Å². The molecule has 1 amide bonds. The van der Waals surface area contributed by atoms with Crippen LogP contribution in [0.2, 0.25) is 0 Å². The van der Waals surface area contributed by atoms with E-state index in [1.54, 1.807) is 0 Å². The van der Waals surface area contributed by atoms with Crippen LogP contribution in [0.4, 0.5) is 8.78 Å². The van der Waals surface area contributed by atoms with Crippen LogP contribution in [0.1, 0.15) is 65.2 Å². The zero-order valence-electron chi connectivity index (χ0n) is 20.7. The molecule has 2 fully saturated rings. The van der Waals surface area contributed by atoms with Gasteiger partial charge in [-0.2, -0.15) is 0 Å². The number of alkyl halides is 2. The van der Waals surface area contributed by atoms with Gasteiger partial charge in [0.25, 0.3) is 0 Å². The SMILES string of the molecule is C=c1[nH]cc/c1=C(/C=C\C)CCC1([C@H](CCC)C(=O)NC(CO)C(=O)OCC2CC(F)(F)C2)CC1. The average Bonchev–Trinajstić information content (AvgIpc) is 3.47. The van der Waals surface area contributed by atoms with Gasteiger partial charge in [0.15, 0.2) is 6.04 Å². The third-order valence-electron chi connectivity index (χ3n) is 7.38. The Morgan fingerprint density at radius 3 is 2.60 bits per heavy atom. The molecule has 3 N–H and O–H groups in total. The lowest BCUT2D eigenvalue weighted by Crippen LogP contribution is -2.49. The van der Waals surface area contributed by atoms with Gasteiger partial charge in [-0.05, 0) is 56.1 Å². The smallest absolute Gasteiger partial charge is 0.331 e. The van der Waals surface area contributed by atoms with E-state index in [0.29, 0.717) is 6.42 Å². The van der Waals surface area contributed by atoms with E-state index in [1.165, 1.54) is 5.57 Å². The molecule has 2 atom stereocenters. The van der Waals surface area contributed by atoms with Crippen molar-refractivity contribution in [1.82, 2.24) is 10.3 Å². The van der Waals surface area contributed by atoms with E-state index in [9.17, 15) is 23.5 Å². The number of hydrogen-bond donors (Lipinski definition) is 3. The molecule has 0 aliphatic heterocycles. The molecule has 3 rings (SSSR count). The lowest BCUT2D eigenvalue weighted by Gasteiger charge is -2.34. The van der Waals surface area contributed by atoms with Crippen molar-refractivity contribution in [2.24, 2.45) is 17.3 Å². The van der Waals surface area contributed by atoms with Crippen LogP contribution in [0.5, 0.6) is 0 Å². The number of halogens is 2. The molecule has 1 unspecified atom stereocenters. The fraction of sp³-hybridized carbons (Fsp3) is 0.630. The zero-order chi connectivity index (χ0) is 25.6. The summed E-state index contributed by atoms with van der Waals surface area (Å²) in [4.78, 5) is 28.8. The quantitative estimate of drug-likeness (QED) is 0.369. The number of ether oxygens (including phenoxy) is 1. The Hall–Kier alpha value is -2.48. The van der Waals surface area contributed by atoms with Gasteiger partial charge in [0.2, 0.25) is 11.8 Å². The van der Waals surface area contributed by atoms with Gasteiger partial charge in [0.05, 0.1) is 13.2 Å². The van der Waals surface area contributed by atoms with E-state index >= 15 is 0 Å². The molecule has 1 heterocycles. The summed E-state index contributed by atoms with van der Waals surface area (Å²) in [6.45, 7) is 7.33. The molecule has 6 nitrogen and oxygen atoms in total. The number of aromatic amines is 1. The summed E-state index contributed by atoms with van der Waals surface area (Å²) in [7, 11) is 0. The van der Waals surface area contributed by atoms with Crippen molar-refractivity contribution in [2.75, 3.05) is 13.2 Å². The van der Waals surface area contributed by atoms with Crippen LogP contribution in [0, 0.1) is 17.3 Å². The summed E-state index contributed by atoms with van der Waals surface area (Å²) in [5, 5.41) is 14.3. The fourth-order valence-electron chi connectivity index (χ4n) is 5.19. The molecule has 0 bridgehead atoms. The number of allylic oxidation sites excluding steroid dienone is 2. The van der Waals surface area contributed by atoms with Crippen LogP contribution >= 0.6 is 0 Å². The predicted octanol–water partition coefficient (Wildman–Crippen LogP) is 3.19. The van der Waals surface area contributed by atoms with Crippen molar-refractivity contribution in [3.63, 3.8) is 0 Å². The third-order valence-corrected chi connectivity index (χ3v) is 7.38. The number of hydrogen-bond acceptors (Lipinski definition) is 4. The lowest BCUT2D eigenvalue weighted by atomic mass is 9.80. The largest absolute Gasteiger partial charge is 0.464 e. The van der Waals surface area contributed by atoms with E-state index in [4.69, 9.17) is 4.74 Å². The molecule has 1 aromatic rings. The highest BCUT2D eigenvalue weighted by Crippen LogP contribution is 2.57. The maximum Gasteiger partial charge on any atom is 0.331 e. The van der Waals surface area contributed by atoms with Crippen LogP contribution in [-0.4, -0.2) is 47.1 Å². The topological polar surface area (TPSA) is 91.4 Å². The average molecular weight is 493 g/mol. The first-order chi connectivity index (χ1) is 16.6. The van der Waals surface area contributed by atoms with Gasteiger partial charge in [0.1, 0.15) is 0 Å². The number of H-pyrrole nitrogens is 1. The highest BCUT2D eigenvalue weighted by molar-refractivity contribution is 5.86. The molecule has 194 valence electrons. The second kappa shape index (κ2) is 11.5. The van der Waals surface area contributed by atoms with Gasteiger partial charge in [-0.1, -0.05) is 32.1 Å². The minimum atomic E-state index is -2.69. The molecule has 0 saturated heterocycles. The van der Waals surface area contributed by atoms with Gasteiger partial charge >= 0.3 is 5.97 Å². The molecule has 2 aliphatic rings. The molecule has 8 heteroatoms. The van der Waals surface area contributed by atoms with Crippen molar-refractivity contribution in [1.29, 1.82) is 0 Å². The Labute approximate surface area is 205 Å². The number of nitrogens with one attached hydrogen (secondary N) is 2. The molecule has 0 aromatic carbocycles. The number of aromatic nitrogens is 1. The van der Waals surface area contributed by atoms with Gasteiger partial charge in [-0.25, -0.2) is 13.6 Å². The van der Waals surface area contributed by atoms with Crippen LogP contribution in [0.25, 0.3) is 12.2 Å². The van der Waals surface area contributed by atoms with Crippen LogP contribution in [0.3, 0.4) is 0 Å². The van der Waals surface area contributed by atoms with Gasteiger partial charge in [0, 0.05) is 41.4 Å². The summed E-state index contributed by atoms with van der Waals surface area (Å²) in [6, 6.07) is 0.812. The number of esters is 1. The molecule has 2 aliphatic carbocycles. The van der Waals surface area contributed by atoms with Crippen molar-refractivity contribution in [2.45, 2.75) is 77.2 Å². The van der Waals surface area contributed by atoms with Crippen molar-refractivity contribution < 1.29 is 28.2 Å². The number of rotatable bonds is 13. The van der Waals surface area contributed by atoms with Crippen LogP contribution in [-0.2, 0) is 14.3 Å². The monoisotopic (exact) mass is 492 g/mol. The Kier molecular flexibility index (Phi) is 8.91. The molecular weight excluding hydrogens is 454 g/mol. The Bertz CT molecular complexity index is 1020. The van der Waals surface area contributed by atoms with E-state index in [-0.39, 0.29) is 42.6 Å². The lowest BCUT2D eigenvalue weighted by molar-refractivity contribution is -0.161. The maximum absolute atomic E-state index is 13.3. The van der Waals surface area contributed by atoms with Crippen molar-refractivity contribution in [3.05, 3.63) is 35.0 Å². The van der Waals surface area contributed by atoms with Crippen LogP contribution in [0.15, 0.2) is 24.4 Å². The highest BCUT2D eigenvalue weighted by Gasteiger charge is 2.51. The first-order valence-electron chi connectivity index (χ1n) is 12.6. The van der Waals surface area contributed by atoms with E-state index in [2.05, 4.69) is 23.0 Å². The molecule has 0 spiro atoms. The van der Waals surface area contributed by atoms with Gasteiger partial charge in [-0.3, -0.25) is 4.79 Å². The number of aliphatic hydroxyl groups excluding tert-OH is 1. The molecule has 1 aromatic heterocycles. The zero-order valence-corrected chi connectivity index (χ0v) is 20.7. The number of carbonyl (C=O) groups is 2. The first kappa shape index (κ1) is 27.1. The summed E-state index contributed by atoms with van der Waals surface area (Å²) in [5.41, 5.74) is 1.02. The number of amides is 1. The second-order valence-corrected chi connectivity index (χ2v) is 10.1. The molecule has 0 radical (unpaired) electrons. The summed E-state index contributed by atoms with van der Waals surface area (Å²) < 4.78 is 31.1. The minimum Gasteiger partial charge on any atom is -0.464 e. The number of carbonyl (C=O) groups excluding carboxylic acids is 2. The molecule has 35 heavy (non-hydrogen) atoms.